The minimum atomic E-state index is -4.75. The van der Waals surface area contributed by atoms with Crippen molar-refractivity contribution >= 4 is 23.4 Å². The monoisotopic (exact) mass is 666 g/mol. The number of pyridine rings is 1. The van der Waals surface area contributed by atoms with Crippen molar-refractivity contribution in [2.24, 2.45) is 5.73 Å². The maximum absolute atomic E-state index is 14.2. The lowest BCUT2D eigenvalue weighted by Crippen LogP contribution is -2.57. The molecule has 0 bridgehead atoms. The second kappa shape index (κ2) is 14.0. The Morgan fingerprint density at radius 1 is 1.10 bits per heavy atom. The van der Waals surface area contributed by atoms with Gasteiger partial charge in [-0.25, -0.2) is 19.7 Å². The highest BCUT2D eigenvalue weighted by atomic mass is 19.4. The number of hydrogen-bond acceptors (Lipinski definition) is 10. The molecule has 2 aromatic heterocycles. The molecule has 0 aliphatic carbocycles. The molecule has 1 fully saturated rings. The van der Waals surface area contributed by atoms with E-state index in [4.69, 9.17) is 15.2 Å². The smallest absolute Gasteiger partial charge is 0.416 e. The van der Waals surface area contributed by atoms with E-state index in [2.05, 4.69) is 15.0 Å². The van der Waals surface area contributed by atoms with E-state index in [9.17, 15) is 28.0 Å². The second-order valence-corrected chi connectivity index (χ2v) is 11.6. The summed E-state index contributed by atoms with van der Waals surface area (Å²) in [5.74, 6) is -1.56. The number of aromatic nitrogens is 3. The molecule has 1 aromatic carbocycles. The number of halogens is 3. The molecule has 2 aliphatic heterocycles. The fourth-order valence-corrected chi connectivity index (χ4v) is 6.56. The molecule has 2 N–H and O–H groups in total. The van der Waals surface area contributed by atoms with Gasteiger partial charge in [-0.05, 0) is 43.2 Å². The quantitative estimate of drug-likeness (QED) is 0.383. The van der Waals surface area contributed by atoms with Crippen LogP contribution in [0.4, 0.5) is 29.3 Å². The van der Waals surface area contributed by atoms with Crippen LogP contribution in [0, 0.1) is 11.3 Å². The van der Waals surface area contributed by atoms with Crippen LogP contribution < -0.4 is 20.3 Å². The summed E-state index contributed by atoms with van der Waals surface area (Å²) in [7, 11) is 1.42. The minimum Gasteiger partial charge on any atom is -0.481 e. The van der Waals surface area contributed by atoms with Gasteiger partial charge < -0.3 is 25.0 Å². The molecule has 2 amide bonds. The number of amides is 2. The van der Waals surface area contributed by atoms with Crippen LogP contribution in [0.5, 0.6) is 5.88 Å². The number of rotatable bonds is 7. The predicted molar refractivity (Wildman–Crippen MR) is 170 cm³/mol. The van der Waals surface area contributed by atoms with E-state index < -0.39 is 41.8 Å². The third kappa shape index (κ3) is 6.70. The Kier molecular flexibility index (Phi) is 10.0. The number of nitriles is 1. The zero-order valence-electron chi connectivity index (χ0n) is 27.1. The van der Waals surface area contributed by atoms with Crippen molar-refractivity contribution in [3.63, 3.8) is 0 Å². The number of anilines is 2. The second-order valence-electron chi connectivity index (χ2n) is 11.6. The molecule has 48 heavy (non-hydrogen) atoms. The molecule has 12 nitrogen and oxygen atoms in total. The summed E-state index contributed by atoms with van der Waals surface area (Å²) in [6.07, 6.45) is -1.83. The number of piperazine rings is 1. The highest BCUT2D eigenvalue weighted by Gasteiger charge is 2.48. The van der Waals surface area contributed by atoms with Crippen molar-refractivity contribution in [1.29, 1.82) is 5.26 Å². The largest absolute Gasteiger partial charge is 0.481 e. The molecule has 0 radical (unpaired) electrons. The third-order valence-corrected chi connectivity index (χ3v) is 8.89. The first-order valence-electron chi connectivity index (χ1n) is 15.6. The summed E-state index contributed by atoms with van der Waals surface area (Å²) < 4.78 is 53.4. The number of methoxy groups -OCH3 is 1. The van der Waals surface area contributed by atoms with Gasteiger partial charge in [-0.1, -0.05) is 6.92 Å². The summed E-state index contributed by atoms with van der Waals surface area (Å²) in [6, 6.07) is 6.69. The maximum Gasteiger partial charge on any atom is 0.416 e. The normalized spacial score (nSPS) is 20.1. The van der Waals surface area contributed by atoms with Crippen LogP contribution in [-0.4, -0.2) is 83.8 Å². The SMILES string of the molecule is CCOC(=O)N1c2ccc(OC)nc2C(C(c2cc(C#N)cc(C(F)(F)F)c2)c2ncc(N3CCN(C(C)=O)CC3)cn2)C(N)C1CC. The van der Waals surface area contributed by atoms with Crippen LogP contribution in [0.3, 0.4) is 0 Å². The number of alkyl halides is 3. The zero-order chi connectivity index (χ0) is 34.7. The van der Waals surface area contributed by atoms with Gasteiger partial charge in [0, 0.05) is 51.1 Å². The Morgan fingerprint density at radius 2 is 1.79 bits per heavy atom. The van der Waals surface area contributed by atoms with Crippen molar-refractivity contribution in [3.8, 4) is 11.9 Å². The molecule has 4 unspecified atom stereocenters. The highest BCUT2D eigenvalue weighted by Crippen LogP contribution is 2.48. The molecule has 2 aliphatic rings. The van der Waals surface area contributed by atoms with Crippen LogP contribution in [0.25, 0.3) is 0 Å². The number of hydrogen-bond donors (Lipinski definition) is 1. The summed E-state index contributed by atoms with van der Waals surface area (Å²) in [4.78, 5) is 44.4. The number of fused-ring (bicyclic) bond motifs is 1. The van der Waals surface area contributed by atoms with Gasteiger partial charge in [0.05, 0.1) is 72.3 Å². The Hall–Kier alpha value is -4.97. The molecule has 15 heteroatoms. The van der Waals surface area contributed by atoms with Crippen LogP contribution in [0.15, 0.2) is 42.7 Å². The maximum atomic E-state index is 14.2. The van der Waals surface area contributed by atoms with Gasteiger partial charge in [0.25, 0.3) is 0 Å². The minimum absolute atomic E-state index is 0.0110. The van der Waals surface area contributed by atoms with Gasteiger partial charge in [-0.15, -0.1) is 0 Å². The molecule has 5 rings (SSSR count). The lowest BCUT2D eigenvalue weighted by Gasteiger charge is -2.45. The van der Waals surface area contributed by atoms with Gasteiger partial charge in [-0.2, -0.15) is 18.4 Å². The van der Waals surface area contributed by atoms with Gasteiger partial charge >= 0.3 is 12.3 Å². The van der Waals surface area contributed by atoms with Crippen LogP contribution in [0.1, 0.15) is 67.2 Å². The van der Waals surface area contributed by atoms with Gasteiger partial charge in [0.15, 0.2) is 0 Å². The number of carbonyl (C=O) groups is 2. The van der Waals surface area contributed by atoms with Crippen molar-refractivity contribution in [3.05, 3.63) is 70.9 Å². The van der Waals surface area contributed by atoms with E-state index in [1.54, 1.807) is 36.4 Å². The van der Waals surface area contributed by atoms with Gasteiger partial charge in [0.1, 0.15) is 5.82 Å². The standard InChI is InChI=1S/C33H37F3N8O4/c1-5-24-29(38)28(30-25(7-8-26(41-30)47-4)44(24)32(46)48-6-2)27(21-13-20(16-37)14-22(15-21)33(34,35)36)31-39-17-23(18-40-31)43-11-9-42(10-12-43)19(3)45/h7-8,13-15,17-18,24,27-29H,5-6,9-12,38H2,1-4H3. The van der Waals surface area contributed by atoms with Gasteiger partial charge in [0.2, 0.25) is 11.8 Å². The van der Waals surface area contributed by atoms with E-state index in [0.29, 0.717) is 44.0 Å². The average Bonchev–Trinajstić information content (AvgIpc) is 3.08. The van der Waals surface area contributed by atoms with Crippen LogP contribution >= 0.6 is 0 Å². The van der Waals surface area contributed by atoms with Crippen LogP contribution in [0.2, 0.25) is 0 Å². The first-order valence-corrected chi connectivity index (χ1v) is 15.6. The topological polar surface area (TPSA) is 151 Å². The highest BCUT2D eigenvalue weighted by molar-refractivity contribution is 5.90. The number of nitrogens with zero attached hydrogens (tertiary/aromatic N) is 7. The number of carbonyl (C=O) groups excluding carboxylic acids is 2. The van der Waals surface area contributed by atoms with Crippen molar-refractivity contribution in [2.45, 2.75) is 57.3 Å². The summed E-state index contributed by atoms with van der Waals surface area (Å²) in [5.41, 5.74) is 7.23. The fraction of sp³-hybridized carbons (Fsp3) is 0.455. The fourth-order valence-electron chi connectivity index (χ4n) is 6.56. The number of nitrogens with two attached hydrogens (primary N) is 1. The number of benzene rings is 1. The van der Waals surface area contributed by atoms with E-state index >= 15 is 0 Å². The molecular formula is C33H37F3N8O4. The summed E-state index contributed by atoms with van der Waals surface area (Å²) in [6.45, 7) is 7.31. The molecular weight excluding hydrogens is 629 g/mol. The Bertz CT molecular complexity index is 1690. The molecule has 3 aromatic rings. The molecule has 254 valence electrons. The Balaban J connectivity index is 1.70. The molecule has 0 saturated carbocycles. The summed E-state index contributed by atoms with van der Waals surface area (Å²) >= 11 is 0. The number of ether oxygens (including phenoxy) is 2. The van der Waals surface area contributed by atoms with E-state index in [1.165, 1.54) is 25.0 Å². The lowest BCUT2D eigenvalue weighted by atomic mass is 9.72. The Morgan fingerprint density at radius 3 is 2.35 bits per heavy atom. The molecule has 0 spiro atoms. The first-order chi connectivity index (χ1) is 22.9. The Labute approximate surface area is 276 Å². The molecule has 4 atom stereocenters. The van der Waals surface area contributed by atoms with E-state index in [1.807, 2.05) is 17.9 Å². The summed E-state index contributed by atoms with van der Waals surface area (Å²) in [5, 5.41) is 9.76. The van der Waals surface area contributed by atoms with Crippen molar-refractivity contribution in [1.82, 2.24) is 19.9 Å². The van der Waals surface area contributed by atoms with Crippen LogP contribution in [-0.2, 0) is 15.7 Å². The van der Waals surface area contributed by atoms with Crippen molar-refractivity contribution in [2.75, 3.05) is 49.7 Å². The molecule has 4 heterocycles. The average molecular weight is 667 g/mol. The van der Waals surface area contributed by atoms with E-state index in [-0.39, 0.29) is 41.0 Å². The van der Waals surface area contributed by atoms with Gasteiger partial charge in [-0.3, -0.25) is 9.69 Å². The lowest BCUT2D eigenvalue weighted by molar-refractivity contribution is -0.137. The predicted octanol–water partition coefficient (Wildman–Crippen LogP) is 4.44. The third-order valence-electron chi connectivity index (χ3n) is 8.89. The first kappa shape index (κ1) is 34.4. The molecule has 1 saturated heterocycles. The zero-order valence-corrected chi connectivity index (χ0v) is 27.1. The van der Waals surface area contributed by atoms with E-state index in [0.717, 1.165) is 12.1 Å². The van der Waals surface area contributed by atoms with Crippen molar-refractivity contribution < 1.29 is 32.2 Å².